The van der Waals surface area contributed by atoms with Crippen LogP contribution >= 0.6 is 0 Å². The Morgan fingerprint density at radius 1 is 1.18 bits per heavy atom. The molecule has 0 aromatic rings. The lowest BCUT2D eigenvalue weighted by Crippen LogP contribution is -2.48. The van der Waals surface area contributed by atoms with Gasteiger partial charge in [0.15, 0.2) is 0 Å². The van der Waals surface area contributed by atoms with Crippen molar-refractivity contribution in [3.05, 3.63) is 0 Å². The van der Waals surface area contributed by atoms with Crippen LogP contribution in [0.4, 0.5) is 0 Å². The summed E-state index contributed by atoms with van der Waals surface area (Å²) in [7, 11) is 0. The Morgan fingerprint density at radius 2 is 1.82 bits per heavy atom. The average molecular weight is 316 g/mol. The lowest BCUT2D eigenvalue weighted by molar-refractivity contribution is -0.142. The summed E-state index contributed by atoms with van der Waals surface area (Å²) in [6, 6.07) is -1.65. The van der Waals surface area contributed by atoms with E-state index in [9.17, 15) is 14.4 Å². The van der Waals surface area contributed by atoms with Crippen molar-refractivity contribution >= 4 is 17.8 Å². The lowest BCUT2D eigenvalue weighted by atomic mass is 10.0. The van der Waals surface area contributed by atoms with Gasteiger partial charge >= 0.3 is 5.97 Å². The molecule has 0 bridgehead atoms. The molecule has 0 radical (unpaired) electrons. The van der Waals surface area contributed by atoms with E-state index in [0.717, 1.165) is 0 Å². The van der Waals surface area contributed by atoms with Gasteiger partial charge in [-0.15, -0.1) is 0 Å². The van der Waals surface area contributed by atoms with Gasteiger partial charge in [-0.25, -0.2) is 4.79 Å². The van der Waals surface area contributed by atoms with Crippen LogP contribution in [-0.2, 0) is 14.4 Å². The van der Waals surface area contributed by atoms with Crippen LogP contribution in [0, 0.1) is 5.92 Å². The topological polar surface area (TPSA) is 148 Å². The predicted octanol–water partition coefficient (Wildman–Crippen LogP) is -0.826. The van der Waals surface area contributed by atoms with E-state index in [1.807, 2.05) is 13.8 Å². The van der Waals surface area contributed by atoms with Crippen molar-refractivity contribution in [2.45, 2.75) is 51.6 Å². The van der Waals surface area contributed by atoms with Crippen LogP contribution in [0.2, 0.25) is 0 Å². The molecular formula is C14H28N4O4. The maximum Gasteiger partial charge on any atom is 0.326 e. The lowest BCUT2D eigenvalue weighted by Gasteiger charge is -2.16. The minimum absolute atomic E-state index is 0.272. The zero-order valence-corrected chi connectivity index (χ0v) is 13.3. The third-order valence-electron chi connectivity index (χ3n) is 3.07. The van der Waals surface area contributed by atoms with Crippen LogP contribution < -0.4 is 22.1 Å². The van der Waals surface area contributed by atoms with E-state index in [4.69, 9.17) is 16.6 Å². The number of nitrogens with one attached hydrogen (secondary N) is 2. The van der Waals surface area contributed by atoms with Crippen LogP contribution in [-0.4, -0.2) is 48.1 Å². The second-order valence-corrected chi connectivity index (χ2v) is 5.70. The number of carbonyl (C=O) groups is 3. The molecule has 0 saturated carbocycles. The van der Waals surface area contributed by atoms with Gasteiger partial charge in [0.2, 0.25) is 11.8 Å². The van der Waals surface area contributed by atoms with E-state index in [-0.39, 0.29) is 12.5 Å². The fourth-order valence-electron chi connectivity index (χ4n) is 1.91. The van der Waals surface area contributed by atoms with Crippen molar-refractivity contribution < 1.29 is 19.5 Å². The smallest absolute Gasteiger partial charge is 0.326 e. The number of carboxylic acids is 1. The Kier molecular flexibility index (Phi) is 10.1. The van der Waals surface area contributed by atoms with Crippen LogP contribution in [0.3, 0.4) is 0 Å². The zero-order chi connectivity index (χ0) is 17.1. The molecule has 2 amide bonds. The van der Waals surface area contributed by atoms with Crippen LogP contribution in [0.5, 0.6) is 0 Å². The molecule has 0 aromatic heterocycles. The quantitative estimate of drug-likeness (QED) is 0.314. The largest absolute Gasteiger partial charge is 0.480 e. The summed E-state index contributed by atoms with van der Waals surface area (Å²) in [6.45, 7) is 4.08. The van der Waals surface area contributed by atoms with Crippen molar-refractivity contribution in [3.63, 3.8) is 0 Å². The van der Waals surface area contributed by atoms with E-state index >= 15 is 0 Å². The molecule has 0 aliphatic heterocycles. The SMILES string of the molecule is CC(C)CC(N)C(=O)NCC(=O)NC(CCCCN)C(=O)O. The maximum absolute atomic E-state index is 11.7. The van der Waals surface area contributed by atoms with Crippen molar-refractivity contribution in [1.82, 2.24) is 10.6 Å². The molecular weight excluding hydrogens is 288 g/mol. The van der Waals surface area contributed by atoms with Gasteiger partial charge in [0.25, 0.3) is 0 Å². The summed E-state index contributed by atoms with van der Waals surface area (Å²) in [6.07, 6.45) is 2.13. The van der Waals surface area contributed by atoms with Gasteiger partial charge in [0.05, 0.1) is 12.6 Å². The number of nitrogens with two attached hydrogens (primary N) is 2. The normalized spacial score (nSPS) is 13.5. The molecule has 0 rings (SSSR count). The number of hydrogen-bond donors (Lipinski definition) is 5. The average Bonchev–Trinajstić information content (AvgIpc) is 2.42. The Morgan fingerprint density at radius 3 is 2.32 bits per heavy atom. The highest BCUT2D eigenvalue weighted by molar-refractivity contribution is 5.89. The monoisotopic (exact) mass is 316 g/mol. The first kappa shape index (κ1) is 20.3. The summed E-state index contributed by atoms with van der Waals surface area (Å²) >= 11 is 0. The molecule has 0 saturated heterocycles. The van der Waals surface area contributed by atoms with Crippen LogP contribution in [0.15, 0.2) is 0 Å². The van der Waals surface area contributed by atoms with Crippen molar-refractivity contribution in [2.75, 3.05) is 13.1 Å². The standard InChI is InChI=1S/C14H28N4O4/c1-9(2)7-10(16)13(20)17-8-12(19)18-11(14(21)22)5-3-4-6-15/h9-11H,3-8,15-16H2,1-2H3,(H,17,20)(H,18,19)(H,21,22). The second kappa shape index (κ2) is 11.0. The molecule has 7 N–H and O–H groups in total. The van der Waals surface area contributed by atoms with Crippen LogP contribution in [0.1, 0.15) is 39.5 Å². The molecule has 2 atom stereocenters. The van der Waals surface area contributed by atoms with Crippen molar-refractivity contribution in [2.24, 2.45) is 17.4 Å². The van der Waals surface area contributed by atoms with Gasteiger partial charge in [0.1, 0.15) is 6.04 Å². The molecule has 0 spiro atoms. The van der Waals surface area contributed by atoms with Crippen molar-refractivity contribution in [3.8, 4) is 0 Å². The van der Waals surface area contributed by atoms with Gasteiger partial charge in [0, 0.05) is 0 Å². The molecule has 0 aliphatic rings. The number of hydrogen-bond acceptors (Lipinski definition) is 5. The third-order valence-corrected chi connectivity index (χ3v) is 3.07. The molecule has 128 valence electrons. The second-order valence-electron chi connectivity index (χ2n) is 5.70. The number of unbranched alkanes of at least 4 members (excludes halogenated alkanes) is 1. The fourth-order valence-corrected chi connectivity index (χ4v) is 1.91. The maximum atomic E-state index is 11.7. The molecule has 22 heavy (non-hydrogen) atoms. The first-order chi connectivity index (χ1) is 10.3. The summed E-state index contributed by atoms with van der Waals surface area (Å²) in [5.41, 5.74) is 11.0. The Balaban J connectivity index is 4.18. The Labute approximate surface area is 131 Å². The number of aliphatic carboxylic acids is 1. The fraction of sp³-hybridized carbons (Fsp3) is 0.786. The minimum atomic E-state index is -1.10. The van der Waals surface area contributed by atoms with E-state index in [2.05, 4.69) is 10.6 Å². The molecule has 0 fully saturated rings. The Bertz CT molecular complexity index is 374. The van der Waals surface area contributed by atoms with Crippen LogP contribution in [0.25, 0.3) is 0 Å². The minimum Gasteiger partial charge on any atom is -0.480 e. The van der Waals surface area contributed by atoms with Gasteiger partial charge in [-0.2, -0.15) is 0 Å². The molecule has 0 aromatic carbocycles. The number of carboxylic acid groups (broad SMARTS) is 1. The highest BCUT2D eigenvalue weighted by atomic mass is 16.4. The van der Waals surface area contributed by atoms with Gasteiger partial charge < -0.3 is 27.2 Å². The molecule has 8 nitrogen and oxygen atoms in total. The van der Waals surface area contributed by atoms with Crippen molar-refractivity contribution in [1.29, 1.82) is 0 Å². The van der Waals surface area contributed by atoms with E-state index in [1.165, 1.54) is 0 Å². The van der Waals surface area contributed by atoms with E-state index in [1.54, 1.807) is 0 Å². The first-order valence-corrected chi connectivity index (χ1v) is 7.53. The van der Waals surface area contributed by atoms with Gasteiger partial charge in [-0.1, -0.05) is 13.8 Å². The summed E-state index contributed by atoms with van der Waals surface area (Å²) in [5.74, 6) is -1.80. The van der Waals surface area contributed by atoms with E-state index < -0.39 is 29.9 Å². The third kappa shape index (κ3) is 9.30. The zero-order valence-electron chi connectivity index (χ0n) is 13.3. The highest BCUT2D eigenvalue weighted by Crippen LogP contribution is 2.02. The van der Waals surface area contributed by atoms with E-state index in [0.29, 0.717) is 32.2 Å². The summed E-state index contributed by atoms with van der Waals surface area (Å²) < 4.78 is 0. The molecule has 8 heteroatoms. The highest BCUT2D eigenvalue weighted by Gasteiger charge is 2.20. The summed E-state index contributed by atoms with van der Waals surface area (Å²) in [4.78, 5) is 34.4. The summed E-state index contributed by atoms with van der Waals surface area (Å²) in [5, 5.41) is 13.8. The van der Waals surface area contributed by atoms with Gasteiger partial charge in [-0.3, -0.25) is 9.59 Å². The predicted molar refractivity (Wildman–Crippen MR) is 82.9 cm³/mol. The molecule has 0 aliphatic carbocycles. The molecule has 0 heterocycles. The molecule has 2 unspecified atom stereocenters. The first-order valence-electron chi connectivity index (χ1n) is 7.53. The van der Waals surface area contributed by atoms with Gasteiger partial charge in [-0.05, 0) is 38.1 Å². The number of rotatable bonds is 11. The number of amides is 2. The number of carbonyl (C=O) groups excluding carboxylic acids is 2. The Hall–Kier alpha value is -1.67.